The number of aromatic nitrogens is 3. The Hall–Kier alpha value is -6.80. The van der Waals surface area contributed by atoms with E-state index in [4.69, 9.17) is 13.8 Å². The molecule has 0 spiro atoms. The van der Waals surface area contributed by atoms with Crippen LogP contribution in [0.1, 0.15) is 12.8 Å². The first kappa shape index (κ1) is 28.2. The molecule has 9 aromatic rings. The van der Waals surface area contributed by atoms with Crippen molar-refractivity contribution in [1.29, 1.82) is 0 Å². The fourth-order valence-corrected chi connectivity index (χ4v) is 7.20. The van der Waals surface area contributed by atoms with Crippen molar-refractivity contribution in [3.63, 3.8) is 0 Å². The molecule has 0 unspecified atom stereocenters. The van der Waals surface area contributed by atoms with Gasteiger partial charge in [-0.15, -0.1) is 0 Å². The molecule has 0 N–H and O–H groups in total. The van der Waals surface area contributed by atoms with Crippen LogP contribution in [0.4, 0.5) is 28.7 Å². The molecule has 0 atom stereocenters. The number of hydrogen-bond donors (Lipinski definition) is 0. The number of furan rings is 2. The van der Waals surface area contributed by atoms with Gasteiger partial charge in [0.25, 0.3) is 0 Å². The van der Waals surface area contributed by atoms with Gasteiger partial charge in [-0.2, -0.15) is 0 Å². The van der Waals surface area contributed by atoms with Gasteiger partial charge >= 0.3 is 0 Å². The Morgan fingerprint density at radius 1 is 0.540 bits per heavy atom. The summed E-state index contributed by atoms with van der Waals surface area (Å²) in [4.78, 5) is 22.4. The van der Waals surface area contributed by atoms with E-state index in [0.717, 1.165) is 102 Å². The molecule has 5 aromatic heterocycles. The van der Waals surface area contributed by atoms with Crippen molar-refractivity contribution < 1.29 is 8.83 Å². The van der Waals surface area contributed by atoms with Gasteiger partial charge in [-0.1, -0.05) is 36.4 Å². The van der Waals surface area contributed by atoms with Crippen LogP contribution in [0.25, 0.3) is 54.6 Å². The van der Waals surface area contributed by atoms with Crippen LogP contribution in [0.2, 0.25) is 0 Å². The second-order valence-electron chi connectivity index (χ2n) is 12.3. The summed E-state index contributed by atoms with van der Waals surface area (Å²) in [6.45, 7) is 0. The summed E-state index contributed by atoms with van der Waals surface area (Å²) in [5.41, 5.74) is 6.82. The smallest absolute Gasteiger partial charge is 0.179 e. The normalized spacial score (nSPS) is 13.1. The summed E-state index contributed by atoms with van der Waals surface area (Å²) in [5, 5.41) is 6.33. The highest BCUT2D eigenvalue weighted by molar-refractivity contribution is 6.33. The van der Waals surface area contributed by atoms with Crippen LogP contribution in [0.5, 0.6) is 0 Å². The van der Waals surface area contributed by atoms with Crippen molar-refractivity contribution in [1.82, 2.24) is 15.0 Å². The van der Waals surface area contributed by atoms with Gasteiger partial charge in [0, 0.05) is 70.4 Å². The Morgan fingerprint density at radius 3 is 1.72 bits per heavy atom. The lowest BCUT2D eigenvalue weighted by atomic mass is 9.98. The minimum atomic E-state index is 0.722. The van der Waals surface area contributed by atoms with Crippen LogP contribution in [0, 0.1) is 0 Å². The molecule has 1 aliphatic heterocycles. The largest absolute Gasteiger partial charge is 0.452 e. The first-order chi connectivity index (χ1) is 24.8. The van der Waals surface area contributed by atoms with Gasteiger partial charge in [0.05, 0.1) is 23.3 Å². The quantitative estimate of drug-likeness (QED) is 0.177. The van der Waals surface area contributed by atoms with Gasteiger partial charge in [0.1, 0.15) is 22.8 Å². The molecule has 0 saturated carbocycles. The molecular formula is C42H28N6O2. The molecule has 6 heterocycles. The third-order valence-electron chi connectivity index (χ3n) is 9.34. The lowest BCUT2D eigenvalue weighted by Gasteiger charge is -2.27. The number of rotatable bonds is 6. The average molecular weight is 649 g/mol. The van der Waals surface area contributed by atoms with Gasteiger partial charge in [-0.3, -0.25) is 19.8 Å². The van der Waals surface area contributed by atoms with Crippen molar-refractivity contribution in [2.45, 2.75) is 12.8 Å². The fraction of sp³-hybridized carbons (Fsp3) is 0.0476. The van der Waals surface area contributed by atoms with Crippen LogP contribution >= 0.6 is 0 Å². The number of nitrogens with zero attached hydrogens (tertiary/aromatic N) is 6. The maximum absolute atomic E-state index is 6.82. The molecule has 0 saturated heterocycles. The van der Waals surface area contributed by atoms with Crippen molar-refractivity contribution >= 4 is 89.6 Å². The van der Waals surface area contributed by atoms with Gasteiger partial charge in [0.15, 0.2) is 11.2 Å². The van der Waals surface area contributed by atoms with Crippen LogP contribution < -0.4 is 9.80 Å². The molecule has 10 rings (SSSR count). The van der Waals surface area contributed by atoms with Crippen LogP contribution in [-0.2, 0) is 0 Å². The number of pyridine rings is 3. The summed E-state index contributed by atoms with van der Waals surface area (Å²) < 4.78 is 13.6. The molecule has 4 aromatic carbocycles. The molecule has 0 radical (unpaired) electrons. The minimum absolute atomic E-state index is 0.722. The van der Waals surface area contributed by atoms with E-state index in [-0.39, 0.29) is 0 Å². The number of allylic oxidation sites excluding steroid dienone is 1. The molecule has 0 fully saturated rings. The number of aliphatic imine (C=N–C) groups is 1. The predicted molar refractivity (Wildman–Crippen MR) is 201 cm³/mol. The highest BCUT2D eigenvalue weighted by atomic mass is 16.4. The topological polar surface area (TPSA) is 83.8 Å². The molecule has 50 heavy (non-hydrogen) atoms. The zero-order valence-electron chi connectivity index (χ0n) is 26.8. The highest BCUT2D eigenvalue weighted by Crippen LogP contribution is 2.47. The Labute approximate surface area is 286 Å². The predicted octanol–water partition coefficient (Wildman–Crippen LogP) is 11.1. The number of anilines is 5. The monoisotopic (exact) mass is 648 g/mol. The van der Waals surface area contributed by atoms with Crippen molar-refractivity contribution in [2.75, 3.05) is 9.80 Å². The SMILES string of the molecule is C1=NC=C(N(c2ccc3c(c2)oc2c4oc5cc(N(c6cccnc6)c6ccccn6)ccc5c4c4ccccc4c32)c2ccccn2)CC1. The maximum atomic E-state index is 6.82. The number of fused-ring (bicyclic) bond motifs is 10. The Bertz CT molecular complexity index is 2730. The third-order valence-corrected chi connectivity index (χ3v) is 9.34. The van der Waals surface area contributed by atoms with E-state index in [1.54, 1.807) is 12.4 Å². The van der Waals surface area contributed by atoms with Crippen LogP contribution in [0.3, 0.4) is 0 Å². The molecule has 1 aliphatic rings. The first-order valence-electron chi connectivity index (χ1n) is 16.6. The molecule has 0 bridgehead atoms. The van der Waals surface area contributed by atoms with Gasteiger partial charge in [-0.05, 0) is 84.3 Å². The number of hydrogen-bond acceptors (Lipinski definition) is 8. The molecule has 8 heteroatoms. The van der Waals surface area contributed by atoms with Gasteiger partial charge in [0.2, 0.25) is 0 Å². The molecule has 8 nitrogen and oxygen atoms in total. The second kappa shape index (κ2) is 11.4. The van der Waals surface area contributed by atoms with E-state index in [1.165, 1.54) is 0 Å². The van der Waals surface area contributed by atoms with E-state index in [0.29, 0.717) is 0 Å². The Balaban J connectivity index is 1.20. The summed E-state index contributed by atoms with van der Waals surface area (Å²) >= 11 is 0. The van der Waals surface area contributed by atoms with E-state index in [9.17, 15) is 0 Å². The molecule has 0 amide bonds. The second-order valence-corrected chi connectivity index (χ2v) is 12.3. The first-order valence-corrected chi connectivity index (χ1v) is 16.6. The van der Waals surface area contributed by atoms with E-state index < -0.39 is 0 Å². The molecular weight excluding hydrogens is 621 g/mol. The Kier molecular flexibility index (Phi) is 6.45. The molecule has 0 aliphatic carbocycles. The van der Waals surface area contributed by atoms with Crippen molar-refractivity contribution in [2.24, 2.45) is 4.99 Å². The Morgan fingerprint density at radius 2 is 1.16 bits per heavy atom. The standard InChI is InChI=1S/C42H28N6O2/c1-2-12-32-31(11-1)39-33-17-15-27(47(29-9-7-19-43-25-29)37-13-3-5-21-45-37)23-35(33)49-41(39)42-40(32)34-18-16-28(24-36(34)50-42)48(30-10-8-20-44-26-30)38-14-4-6-22-46-38/h1-7,9,11-26H,8,10H2. The highest BCUT2D eigenvalue weighted by Gasteiger charge is 2.24. The summed E-state index contributed by atoms with van der Waals surface area (Å²) in [6, 6.07) is 37.0. The zero-order chi connectivity index (χ0) is 33.0. The average Bonchev–Trinajstić information content (AvgIpc) is 3.76. The summed E-state index contributed by atoms with van der Waals surface area (Å²) in [6.07, 6.45) is 12.8. The van der Waals surface area contributed by atoms with E-state index in [1.807, 2.05) is 73.3 Å². The van der Waals surface area contributed by atoms with Crippen LogP contribution in [-0.4, -0.2) is 21.2 Å². The fourth-order valence-electron chi connectivity index (χ4n) is 7.20. The minimum Gasteiger partial charge on any atom is -0.452 e. The lowest BCUT2D eigenvalue weighted by molar-refractivity contribution is 0.633. The van der Waals surface area contributed by atoms with Gasteiger partial charge < -0.3 is 8.83 Å². The lowest BCUT2D eigenvalue weighted by Crippen LogP contribution is -2.18. The maximum Gasteiger partial charge on any atom is 0.179 e. The van der Waals surface area contributed by atoms with E-state index in [2.05, 4.69) is 85.4 Å². The van der Waals surface area contributed by atoms with E-state index >= 15 is 0 Å². The third kappa shape index (κ3) is 4.46. The molecule has 238 valence electrons. The summed E-state index contributed by atoms with van der Waals surface area (Å²) in [7, 11) is 0. The summed E-state index contributed by atoms with van der Waals surface area (Å²) in [5.74, 6) is 1.62. The van der Waals surface area contributed by atoms with Crippen molar-refractivity contribution in [3.8, 4) is 0 Å². The van der Waals surface area contributed by atoms with Crippen molar-refractivity contribution in [3.05, 3.63) is 146 Å². The van der Waals surface area contributed by atoms with Crippen LogP contribution in [0.15, 0.2) is 160 Å². The zero-order valence-corrected chi connectivity index (χ0v) is 26.8. The van der Waals surface area contributed by atoms with Gasteiger partial charge in [-0.25, -0.2) is 9.97 Å². The number of benzene rings is 4.